The summed E-state index contributed by atoms with van der Waals surface area (Å²) in [5.41, 5.74) is -0.623. The molecule has 0 aromatic rings. The molecule has 6 nitrogen and oxygen atoms in total. The maximum Gasteiger partial charge on any atom is 0.334 e. The van der Waals surface area contributed by atoms with E-state index in [1.54, 1.807) is 14.0 Å². The van der Waals surface area contributed by atoms with Crippen LogP contribution in [0.15, 0.2) is 11.8 Å². The van der Waals surface area contributed by atoms with Gasteiger partial charge in [-0.25, -0.2) is 4.79 Å². The van der Waals surface area contributed by atoms with E-state index in [0.717, 1.165) is 0 Å². The molecule has 6 heteroatoms. The third kappa shape index (κ3) is 2.45. The van der Waals surface area contributed by atoms with Gasteiger partial charge in [0.15, 0.2) is 5.79 Å². The molecule has 0 N–H and O–H groups in total. The molecule has 0 unspecified atom stereocenters. The zero-order chi connectivity index (χ0) is 15.3. The van der Waals surface area contributed by atoms with Gasteiger partial charge < -0.3 is 23.7 Å². The van der Waals surface area contributed by atoms with Crippen molar-refractivity contribution in [1.82, 2.24) is 0 Å². The van der Waals surface area contributed by atoms with Crippen LogP contribution in [0.5, 0.6) is 0 Å². The average molecular weight is 298 g/mol. The maximum absolute atomic E-state index is 11.7. The topological polar surface area (TPSA) is 63.2 Å². The number of methoxy groups -OCH3 is 1. The van der Waals surface area contributed by atoms with Crippen LogP contribution in [0.25, 0.3) is 0 Å². The minimum atomic E-state index is -0.623. The van der Waals surface area contributed by atoms with Crippen molar-refractivity contribution in [2.45, 2.75) is 63.3 Å². The highest BCUT2D eigenvalue weighted by molar-refractivity contribution is 5.83. The lowest BCUT2D eigenvalue weighted by Crippen LogP contribution is -2.46. The first-order chi connectivity index (χ1) is 9.89. The van der Waals surface area contributed by atoms with E-state index in [9.17, 15) is 4.79 Å². The fourth-order valence-electron chi connectivity index (χ4n) is 3.49. The van der Waals surface area contributed by atoms with Crippen molar-refractivity contribution in [2.24, 2.45) is 0 Å². The molecule has 2 saturated heterocycles. The van der Waals surface area contributed by atoms with Crippen LogP contribution in [0.1, 0.15) is 33.6 Å². The highest BCUT2D eigenvalue weighted by atomic mass is 16.8. The summed E-state index contributed by atoms with van der Waals surface area (Å²) >= 11 is 0. The second-order valence-corrected chi connectivity index (χ2v) is 6.16. The van der Waals surface area contributed by atoms with Crippen LogP contribution in [0, 0.1) is 0 Å². The number of carbonyl (C=O) groups excluding carboxylic acids is 1. The van der Waals surface area contributed by atoms with Crippen LogP contribution >= 0.6 is 0 Å². The Hall–Kier alpha value is -1.11. The number of esters is 1. The Morgan fingerprint density at radius 3 is 2.71 bits per heavy atom. The molecule has 1 saturated carbocycles. The van der Waals surface area contributed by atoms with Crippen molar-refractivity contribution in [3.63, 3.8) is 0 Å². The minimum Gasteiger partial charge on any atom is -0.488 e. The van der Waals surface area contributed by atoms with E-state index in [0.29, 0.717) is 25.2 Å². The molecule has 4 atom stereocenters. The molecular formula is C15H22O6. The summed E-state index contributed by atoms with van der Waals surface area (Å²) in [6.07, 6.45) is 2.28. The van der Waals surface area contributed by atoms with Gasteiger partial charge in [0.1, 0.15) is 23.6 Å². The van der Waals surface area contributed by atoms with Crippen molar-refractivity contribution in [2.75, 3.05) is 13.7 Å². The van der Waals surface area contributed by atoms with Crippen LogP contribution in [0.3, 0.4) is 0 Å². The molecule has 118 valence electrons. The molecule has 0 aromatic carbocycles. The van der Waals surface area contributed by atoms with E-state index >= 15 is 0 Å². The van der Waals surface area contributed by atoms with Gasteiger partial charge in [0.25, 0.3) is 0 Å². The largest absolute Gasteiger partial charge is 0.488 e. The van der Waals surface area contributed by atoms with Crippen LogP contribution < -0.4 is 0 Å². The zero-order valence-corrected chi connectivity index (χ0v) is 12.9. The van der Waals surface area contributed by atoms with Crippen LogP contribution in [-0.4, -0.2) is 49.4 Å². The van der Waals surface area contributed by atoms with Gasteiger partial charge in [0.2, 0.25) is 0 Å². The van der Waals surface area contributed by atoms with Crippen molar-refractivity contribution < 1.29 is 28.5 Å². The Morgan fingerprint density at radius 1 is 1.33 bits per heavy atom. The van der Waals surface area contributed by atoms with E-state index in [2.05, 4.69) is 0 Å². The Kier molecular flexibility index (Phi) is 3.50. The Bertz CT molecular complexity index is 471. The lowest BCUT2D eigenvalue weighted by Gasteiger charge is -2.33. The molecule has 2 heterocycles. The van der Waals surface area contributed by atoms with E-state index in [4.69, 9.17) is 23.7 Å². The van der Waals surface area contributed by atoms with Gasteiger partial charge in [0, 0.05) is 20.0 Å². The third-order valence-electron chi connectivity index (χ3n) is 4.30. The molecular weight excluding hydrogens is 276 g/mol. The number of carbonyl (C=O) groups is 1. The van der Waals surface area contributed by atoms with Crippen molar-refractivity contribution in [3.05, 3.63) is 11.8 Å². The van der Waals surface area contributed by atoms with Gasteiger partial charge in [-0.1, -0.05) is 0 Å². The van der Waals surface area contributed by atoms with Crippen LogP contribution in [-0.2, 0) is 28.5 Å². The first kappa shape index (κ1) is 14.8. The normalized spacial score (nSPS) is 41.7. The number of hydrogen-bond donors (Lipinski definition) is 0. The van der Waals surface area contributed by atoms with Gasteiger partial charge in [-0.2, -0.15) is 0 Å². The molecule has 3 rings (SSSR count). The molecule has 3 fully saturated rings. The van der Waals surface area contributed by atoms with Gasteiger partial charge >= 0.3 is 5.97 Å². The van der Waals surface area contributed by atoms with Crippen molar-refractivity contribution >= 4 is 5.97 Å². The smallest absolute Gasteiger partial charge is 0.334 e. The molecule has 0 aromatic heterocycles. The van der Waals surface area contributed by atoms with Gasteiger partial charge in [-0.05, 0) is 20.8 Å². The van der Waals surface area contributed by atoms with Crippen molar-refractivity contribution in [3.8, 4) is 0 Å². The van der Waals surface area contributed by atoms with Gasteiger partial charge in [-0.15, -0.1) is 0 Å². The highest BCUT2D eigenvalue weighted by Crippen LogP contribution is 2.51. The predicted octanol–water partition coefficient (Wildman–Crippen LogP) is 1.53. The van der Waals surface area contributed by atoms with Crippen LogP contribution in [0.4, 0.5) is 0 Å². The fraction of sp³-hybridized carbons (Fsp3) is 0.800. The first-order valence-electron chi connectivity index (χ1n) is 7.35. The third-order valence-corrected chi connectivity index (χ3v) is 4.30. The second-order valence-electron chi connectivity index (χ2n) is 6.16. The standard InChI is InChI=1S/C15H22O6/c1-5-18-12(16)6-11-15(17-4)7-9(19-11)13-10(8-15)20-14(2,3)21-13/h6,9-10,13H,5,7-8H2,1-4H3/b11-6-/t9-,10-,13+,15-/m1/s1. The van der Waals surface area contributed by atoms with E-state index in [1.807, 2.05) is 13.8 Å². The van der Waals surface area contributed by atoms with Gasteiger partial charge in [-0.3, -0.25) is 0 Å². The molecule has 3 aliphatic rings. The highest BCUT2D eigenvalue weighted by Gasteiger charge is 2.61. The Morgan fingerprint density at radius 2 is 2.05 bits per heavy atom. The second kappa shape index (κ2) is 4.97. The van der Waals surface area contributed by atoms with E-state index in [-0.39, 0.29) is 18.3 Å². The molecule has 0 spiro atoms. The SMILES string of the molecule is CCOC(=O)/C=C1\O[C@@H]2C[C@@]1(OC)C[C@H]1OC(C)(C)O[C@@H]21. The average Bonchev–Trinajstić information content (AvgIpc) is 2.87. The molecule has 21 heavy (non-hydrogen) atoms. The monoisotopic (exact) mass is 298 g/mol. The molecule has 1 aliphatic carbocycles. The Balaban J connectivity index is 1.85. The number of rotatable bonds is 3. The predicted molar refractivity (Wildman–Crippen MR) is 72.4 cm³/mol. The van der Waals surface area contributed by atoms with E-state index in [1.165, 1.54) is 6.08 Å². The summed E-state index contributed by atoms with van der Waals surface area (Å²) in [7, 11) is 1.63. The summed E-state index contributed by atoms with van der Waals surface area (Å²) in [5, 5.41) is 0. The molecule has 0 radical (unpaired) electrons. The van der Waals surface area contributed by atoms with Crippen molar-refractivity contribution in [1.29, 1.82) is 0 Å². The number of hydrogen-bond acceptors (Lipinski definition) is 6. The lowest BCUT2D eigenvalue weighted by molar-refractivity contribution is -0.156. The van der Waals surface area contributed by atoms with Crippen LogP contribution in [0.2, 0.25) is 0 Å². The first-order valence-corrected chi connectivity index (χ1v) is 7.35. The summed E-state index contributed by atoms with van der Waals surface area (Å²) in [6, 6.07) is 0. The van der Waals surface area contributed by atoms with Gasteiger partial charge in [0.05, 0.1) is 18.8 Å². The maximum atomic E-state index is 11.7. The summed E-state index contributed by atoms with van der Waals surface area (Å²) in [5.74, 6) is -0.500. The number of ether oxygens (including phenoxy) is 5. The molecule has 0 amide bonds. The fourth-order valence-corrected chi connectivity index (χ4v) is 3.49. The summed E-state index contributed by atoms with van der Waals surface area (Å²) in [4.78, 5) is 11.7. The lowest BCUT2D eigenvalue weighted by atomic mass is 9.81. The minimum absolute atomic E-state index is 0.0909. The number of fused-ring (bicyclic) bond motifs is 4. The Labute approximate surface area is 124 Å². The zero-order valence-electron chi connectivity index (χ0n) is 12.9. The van der Waals surface area contributed by atoms with E-state index < -0.39 is 17.4 Å². The molecule has 2 aliphatic heterocycles. The quantitative estimate of drug-likeness (QED) is 0.581. The summed E-state index contributed by atoms with van der Waals surface area (Å²) < 4.78 is 28.5. The summed E-state index contributed by atoms with van der Waals surface area (Å²) in [6.45, 7) is 5.89. The molecule has 2 bridgehead atoms.